The minimum absolute atomic E-state index is 1.08. The maximum Gasteiger partial charge on any atom is 0.0353 e. The molecule has 2 heteroatoms. The van der Waals surface area contributed by atoms with Gasteiger partial charge in [0.05, 0.1) is 0 Å². The third-order valence-electron chi connectivity index (χ3n) is 8.02. The van der Waals surface area contributed by atoms with Gasteiger partial charge in [-0.2, -0.15) is 0 Å². The molecule has 1 aliphatic rings. The van der Waals surface area contributed by atoms with Crippen molar-refractivity contribution < 1.29 is 0 Å². The fraction of sp³-hybridized carbons (Fsp3) is 0.0541. The molecule has 0 bridgehead atoms. The highest BCUT2D eigenvalue weighted by molar-refractivity contribution is 7.99. The molecule has 0 saturated carbocycles. The molecule has 184 valence electrons. The largest absolute Gasteiger partial charge is 0.264 e. The Morgan fingerprint density at radius 3 is 2.26 bits per heavy atom. The zero-order valence-corrected chi connectivity index (χ0v) is 22.2. The summed E-state index contributed by atoms with van der Waals surface area (Å²) in [6, 6.07) is 37.8. The summed E-state index contributed by atoms with van der Waals surface area (Å²) in [6.07, 6.45) is 10.8. The molecule has 0 N–H and O–H groups in total. The van der Waals surface area contributed by atoms with Crippen LogP contribution in [0, 0.1) is 0 Å². The molecule has 1 aliphatic carbocycles. The highest BCUT2D eigenvalue weighted by Gasteiger charge is 2.20. The summed E-state index contributed by atoms with van der Waals surface area (Å²) in [5.74, 6) is 0. The Morgan fingerprint density at radius 1 is 0.615 bits per heavy atom. The second-order valence-corrected chi connectivity index (χ2v) is 11.3. The van der Waals surface area contributed by atoms with E-state index in [9.17, 15) is 0 Å². The number of fused-ring (bicyclic) bond motifs is 6. The van der Waals surface area contributed by atoms with E-state index in [-0.39, 0.29) is 0 Å². The first-order valence-electron chi connectivity index (χ1n) is 13.5. The molecule has 0 aliphatic heterocycles. The number of benzene rings is 6. The number of allylic oxidation sites excluding steroid dienone is 1. The van der Waals surface area contributed by atoms with Crippen molar-refractivity contribution >= 4 is 60.9 Å². The standard InChI is InChI=1S/C37H25NS/c1-2-10-25-21-27(18-17-24(25)9-1)39-37-32-16-8-7-15-31(32)36(35-23-38-20-19-33(35)37)34-22-26-11-3-4-12-28(26)29-13-5-6-14-30(29)34/h1-2,4-10,12-23H,3,11H2. The van der Waals surface area contributed by atoms with Crippen LogP contribution in [0.5, 0.6) is 0 Å². The Hall–Kier alpha value is -4.40. The van der Waals surface area contributed by atoms with Crippen molar-refractivity contribution in [2.75, 3.05) is 0 Å². The Kier molecular flexibility index (Phi) is 5.27. The molecule has 7 aromatic rings. The molecular formula is C37H25NS. The summed E-state index contributed by atoms with van der Waals surface area (Å²) in [5, 5.41) is 10.2. The van der Waals surface area contributed by atoms with Crippen molar-refractivity contribution in [3.63, 3.8) is 0 Å². The maximum absolute atomic E-state index is 4.64. The van der Waals surface area contributed by atoms with Crippen molar-refractivity contribution in [3.05, 3.63) is 133 Å². The lowest BCUT2D eigenvalue weighted by atomic mass is 9.84. The van der Waals surface area contributed by atoms with E-state index in [2.05, 4.69) is 126 Å². The van der Waals surface area contributed by atoms with E-state index >= 15 is 0 Å². The number of rotatable bonds is 3. The number of aryl methyl sites for hydroxylation is 1. The van der Waals surface area contributed by atoms with Crippen LogP contribution in [-0.2, 0) is 6.42 Å². The highest BCUT2D eigenvalue weighted by atomic mass is 32.2. The molecule has 8 rings (SSSR count). The van der Waals surface area contributed by atoms with Crippen LogP contribution in [0.4, 0.5) is 0 Å². The van der Waals surface area contributed by atoms with Gasteiger partial charge in [0.25, 0.3) is 0 Å². The fourth-order valence-corrected chi connectivity index (χ4v) is 7.37. The normalized spacial score (nSPS) is 12.9. The molecule has 0 saturated heterocycles. The van der Waals surface area contributed by atoms with Gasteiger partial charge in [-0.25, -0.2) is 0 Å². The van der Waals surface area contributed by atoms with Gasteiger partial charge in [-0.05, 0) is 97.1 Å². The molecular weight excluding hydrogens is 490 g/mol. The second kappa shape index (κ2) is 9.11. The van der Waals surface area contributed by atoms with Gasteiger partial charge in [0.1, 0.15) is 0 Å². The van der Waals surface area contributed by atoms with Crippen LogP contribution in [0.1, 0.15) is 17.5 Å². The predicted octanol–water partition coefficient (Wildman–Crippen LogP) is 10.5. The summed E-state index contributed by atoms with van der Waals surface area (Å²) < 4.78 is 0. The Morgan fingerprint density at radius 2 is 1.36 bits per heavy atom. The van der Waals surface area contributed by atoms with E-state index < -0.39 is 0 Å². The molecule has 0 fully saturated rings. The first-order valence-corrected chi connectivity index (χ1v) is 14.3. The molecule has 0 radical (unpaired) electrons. The number of nitrogens with zero attached hydrogens (tertiary/aromatic N) is 1. The van der Waals surface area contributed by atoms with Crippen LogP contribution in [0.15, 0.2) is 131 Å². The summed E-state index contributed by atoms with van der Waals surface area (Å²) in [5.41, 5.74) is 5.39. The van der Waals surface area contributed by atoms with E-state index in [4.69, 9.17) is 0 Å². The third kappa shape index (κ3) is 3.67. The van der Waals surface area contributed by atoms with Gasteiger partial charge in [0.2, 0.25) is 0 Å². The van der Waals surface area contributed by atoms with Crippen molar-refractivity contribution in [1.82, 2.24) is 4.98 Å². The van der Waals surface area contributed by atoms with Gasteiger partial charge < -0.3 is 0 Å². The minimum Gasteiger partial charge on any atom is -0.264 e. The Balaban J connectivity index is 1.44. The van der Waals surface area contributed by atoms with Crippen LogP contribution < -0.4 is 0 Å². The summed E-state index contributed by atoms with van der Waals surface area (Å²) in [7, 11) is 0. The van der Waals surface area contributed by atoms with Gasteiger partial charge in [-0.1, -0.05) is 103 Å². The molecule has 0 spiro atoms. The molecule has 1 heterocycles. The van der Waals surface area contributed by atoms with Gasteiger partial charge >= 0.3 is 0 Å². The molecule has 6 aromatic carbocycles. The van der Waals surface area contributed by atoms with Crippen molar-refractivity contribution in [2.24, 2.45) is 0 Å². The average molecular weight is 516 g/mol. The number of hydrogen-bond acceptors (Lipinski definition) is 2. The molecule has 0 amide bonds. The van der Waals surface area contributed by atoms with E-state index in [0.717, 1.165) is 12.8 Å². The summed E-state index contributed by atoms with van der Waals surface area (Å²) in [4.78, 5) is 7.17. The summed E-state index contributed by atoms with van der Waals surface area (Å²) >= 11 is 1.85. The van der Waals surface area contributed by atoms with Crippen LogP contribution in [-0.4, -0.2) is 4.98 Å². The van der Waals surface area contributed by atoms with Gasteiger partial charge in [-0.3, -0.25) is 4.98 Å². The lowest BCUT2D eigenvalue weighted by molar-refractivity contribution is 0.990. The van der Waals surface area contributed by atoms with Gasteiger partial charge in [0.15, 0.2) is 0 Å². The number of pyridine rings is 1. The smallest absolute Gasteiger partial charge is 0.0353 e. The van der Waals surface area contributed by atoms with Crippen molar-refractivity contribution in [3.8, 4) is 11.1 Å². The number of aromatic nitrogens is 1. The van der Waals surface area contributed by atoms with Crippen LogP contribution in [0.2, 0.25) is 0 Å². The Labute approximate surface area is 231 Å². The maximum atomic E-state index is 4.64. The quantitative estimate of drug-likeness (QED) is 0.217. The molecule has 1 nitrogen and oxygen atoms in total. The molecule has 0 unspecified atom stereocenters. The SMILES string of the molecule is C1=Cc2c(cc(-c3c4ccccc4c(Sc4ccc5ccccc5c4)c4ccncc34)c3ccccc23)CC1. The predicted molar refractivity (Wildman–Crippen MR) is 168 cm³/mol. The second-order valence-electron chi connectivity index (χ2n) is 10.3. The third-order valence-corrected chi connectivity index (χ3v) is 9.16. The summed E-state index contributed by atoms with van der Waals surface area (Å²) in [6.45, 7) is 0. The van der Waals surface area contributed by atoms with E-state index in [1.54, 1.807) is 0 Å². The van der Waals surface area contributed by atoms with Crippen LogP contribution in [0.3, 0.4) is 0 Å². The van der Waals surface area contributed by atoms with E-state index in [1.807, 2.05) is 18.0 Å². The minimum atomic E-state index is 1.08. The molecule has 39 heavy (non-hydrogen) atoms. The van der Waals surface area contributed by atoms with E-state index in [1.165, 1.54) is 75.1 Å². The Bertz CT molecular complexity index is 2050. The van der Waals surface area contributed by atoms with E-state index in [0.29, 0.717) is 0 Å². The first kappa shape index (κ1) is 22.6. The molecule has 0 atom stereocenters. The van der Waals surface area contributed by atoms with Crippen LogP contribution in [0.25, 0.3) is 60.3 Å². The monoisotopic (exact) mass is 515 g/mol. The zero-order valence-electron chi connectivity index (χ0n) is 21.4. The number of hydrogen-bond donors (Lipinski definition) is 0. The van der Waals surface area contributed by atoms with Gasteiger partial charge in [-0.15, -0.1) is 0 Å². The van der Waals surface area contributed by atoms with Crippen molar-refractivity contribution in [2.45, 2.75) is 22.6 Å². The van der Waals surface area contributed by atoms with Gasteiger partial charge in [0, 0.05) is 27.6 Å². The molecule has 1 aromatic heterocycles. The first-order chi connectivity index (χ1) is 19.3. The zero-order chi connectivity index (χ0) is 25.8. The average Bonchev–Trinajstić information content (AvgIpc) is 3.01. The fourth-order valence-electron chi connectivity index (χ4n) is 6.24. The van der Waals surface area contributed by atoms with Crippen LogP contribution >= 0.6 is 11.8 Å². The lowest BCUT2D eigenvalue weighted by Crippen LogP contribution is -1.98. The lowest BCUT2D eigenvalue weighted by Gasteiger charge is -2.21. The van der Waals surface area contributed by atoms with Crippen molar-refractivity contribution in [1.29, 1.82) is 0 Å². The topological polar surface area (TPSA) is 12.9 Å². The highest BCUT2D eigenvalue weighted by Crippen LogP contribution is 2.47.